The van der Waals surface area contributed by atoms with E-state index in [4.69, 9.17) is 4.74 Å². The first kappa shape index (κ1) is 15.4. The first-order valence-corrected chi connectivity index (χ1v) is 7.32. The third-order valence-electron chi connectivity index (χ3n) is 3.87. The molecular weight excluding hydrogens is 270 g/mol. The Labute approximate surface area is 124 Å². The molecule has 0 atom stereocenters. The fourth-order valence-electron chi connectivity index (χ4n) is 2.43. The van der Waals surface area contributed by atoms with Gasteiger partial charge < -0.3 is 15.2 Å². The van der Waals surface area contributed by atoms with Crippen molar-refractivity contribution in [3.05, 3.63) is 29.8 Å². The Kier molecular flexibility index (Phi) is 4.83. The zero-order valence-electron chi connectivity index (χ0n) is 12.2. The average Bonchev–Trinajstić information content (AvgIpc) is 2.42. The van der Waals surface area contributed by atoms with Gasteiger partial charge in [0.05, 0.1) is 6.61 Å². The lowest BCUT2D eigenvalue weighted by Crippen LogP contribution is -2.59. The maximum atomic E-state index is 11.9. The van der Waals surface area contributed by atoms with Gasteiger partial charge in [0.2, 0.25) is 5.91 Å². The van der Waals surface area contributed by atoms with E-state index in [1.807, 2.05) is 31.2 Å². The minimum atomic E-state index is -1.02. The van der Waals surface area contributed by atoms with E-state index in [1.54, 1.807) is 0 Å². The van der Waals surface area contributed by atoms with Gasteiger partial charge in [0.25, 0.3) is 0 Å². The van der Waals surface area contributed by atoms with Gasteiger partial charge in [-0.25, -0.2) is 4.79 Å². The highest BCUT2D eigenvalue weighted by Crippen LogP contribution is 2.32. The fraction of sp³-hybridized carbons (Fsp3) is 0.500. The van der Waals surface area contributed by atoms with Crippen LogP contribution in [0.3, 0.4) is 0 Å². The first-order chi connectivity index (χ1) is 10.1. The number of carbonyl (C=O) groups is 2. The number of hydrogen-bond acceptors (Lipinski definition) is 3. The molecule has 1 aliphatic carbocycles. The smallest absolute Gasteiger partial charge is 0.329 e. The highest BCUT2D eigenvalue weighted by atomic mass is 16.5. The maximum absolute atomic E-state index is 11.9. The van der Waals surface area contributed by atoms with Crippen LogP contribution in [-0.4, -0.2) is 29.1 Å². The lowest BCUT2D eigenvalue weighted by molar-refractivity contribution is -0.151. The molecule has 0 aromatic heterocycles. The maximum Gasteiger partial charge on any atom is 0.329 e. The van der Waals surface area contributed by atoms with Gasteiger partial charge in [-0.1, -0.05) is 12.1 Å². The zero-order chi connectivity index (χ0) is 15.3. The summed E-state index contributed by atoms with van der Waals surface area (Å²) in [7, 11) is 0. The number of amides is 1. The van der Waals surface area contributed by atoms with Gasteiger partial charge >= 0.3 is 5.97 Å². The molecule has 0 radical (unpaired) electrons. The molecule has 1 aliphatic rings. The summed E-state index contributed by atoms with van der Waals surface area (Å²) in [6.45, 7) is 2.55. The van der Waals surface area contributed by atoms with Crippen LogP contribution in [0.25, 0.3) is 0 Å². The van der Waals surface area contributed by atoms with E-state index in [-0.39, 0.29) is 5.91 Å². The summed E-state index contributed by atoms with van der Waals surface area (Å²) < 4.78 is 5.36. The quantitative estimate of drug-likeness (QED) is 0.807. The van der Waals surface area contributed by atoms with Crippen LogP contribution in [0.15, 0.2) is 24.3 Å². The van der Waals surface area contributed by atoms with Crippen LogP contribution in [0.2, 0.25) is 0 Å². The minimum absolute atomic E-state index is 0.203. The van der Waals surface area contributed by atoms with Crippen molar-refractivity contribution < 1.29 is 19.4 Å². The third-order valence-corrected chi connectivity index (χ3v) is 3.87. The normalized spacial score (nSPS) is 15.9. The number of nitrogens with one attached hydrogen (secondary N) is 1. The number of aryl methyl sites for hydroxylation is 1. The van der Waals surface area contributed by atoms with E-state index >= 15 is 0 Å². The van der Waals surface area contributed by atoms with Crippen molar-refractivity contribution in [3.63, 3.8) is 0 Å². The molecule has 1 fully saturated rings. The highest BCUT2D eigenvalue weighted by molar-refractivity contribution is 5.87. The molecule has 0 saturated heterocycles. The van der Waals surface area contributed by atoms with Gasteiger partial charge in [-0.15, -0.1) is 0 Å². The number of hydrogen-bond donors (Lipinski definition) is 2. The minimum Gasteiger partial charge on any atom is -0.494 e. The number of rotatable bonds is 7. The van der Waals surface area contributed by atoms with Crippen molar-refractivity contribution >= 4 is 11.9 Å². The lowest BCUT2D eigenvalue weighted by atomic mass is 9.76. The topological polar surface area (TPSA) is 75.6 Å². The van der Waals surface area contributed by atoms with Crippen LogP contribution in [0.5, 0.6) is 5.75 Å². The number of carbonyl (C=O) groups excluding carboxylic acids is 1. The molecule has 0 aliphatic heterocycles. The predicted octanol–water partition coefficient (Wildman–Crippen LogP) is 2.14. The zero-order valence-corrected chi connectivity index (χ0v) is 12.2. The van der Waals surface area contributed by atoms with Crippen LogP contribution in [0.4, 0.5) is 0 Å². The van der Waals surface area contributed by atoms with Crippen molar-refractivity contribution in [1.29, 1.82) is 0 Å². The third kappa shape index (κ3) is 3.74. The second-order valence-electron chi connectivity index (χ2n) is 5.37. The Morgan fingerprint density at radius 1 is 1.29 bits per heavy atom. The molecule has 0 heterocycles. The monoisotopic (exact) mass is 291 g/mol. The number of carboxylic acids is 1. The number of carboxylic acid groups (broad SMARTS) is 1. The van der Waals surface area contributed by atoms with Crippen LogP contribution in [0, 0.1) is 0 Å². The van der Waals surface area contributed by atoms with Crippen molar-refractivity contribution in [3.8, 4) is 5.75 Å². The lowest BCUT2D eigenvalue weighted by Gasteiger charge is -2.38. The van der Waals surface area contributed by atoms with Gasteiger partial charge in [-0.3, -0.25) is 4.79 Å². The molecule has 5 nitrogen and oxygen atoms in total. The van der Waals surface area contributed by atoms with Gasteiger partial charge in [0, 0.05) is 6.42 Å². The van der Waals surface area contributed by atoms with Crippen LogP contribution >= 0.6 is 0 Å². The Morgan fingerprint density at radius 3 is 2.43 bits per heavy atom. The van der Waals surface area contributed by atoms with E-state index in [1.165, 1.54) is 0 Å². The fourth-order valence-corrected chi connectivity index (χ4v) is 2.43. The molecule has 114 valence electrons. The Bertz CT molecular complexity index is 506. The van der Waals surface area contributed by atoms with Gasteiger partial charge in [0.1, 0.15) is 11.3 Å². The molecule has 1 aromatic rings. The van der Waals surface area contributed by atoms with Crippen molar-refractivity contribution in [2.45, 2.75) is 44.6 Å². The summed E-state index contributed by atoms with van der Waals surface area (Å²) in [5.74, 6) is -0.320. The molecule has 2 rings (SSSR count). The van der Waals surface area contributed by atoms with Gasteiger partial charge in [0.15, 0.2) is 0 Å². The summed E-state index contributed by atoms with van der Waals surface area (Å²) in [6, 6.07) is 7.60. The first-order valence-electron chi connectivity index (χ1n) is 7.32. The summed E-state index contributed by atoms with van der Waals surface area (Å²) in [5.41, 5.74) is 0.0159. The molecule has 1 aromatic carbocycles. The van der Waals surface area contributed by atoms with Gasteiger partial charge in [-0.2, -0.15) is 0 Å². The average molecular weight is 291 g/mol. The van der Waals surface area contributed by atoms with E-state index < -0.39 is 11.5 Å². The van der Waals surface area contributed by atoms with Crippen molar-refractivity contribution in [2.24, 2.45) is 0 Å². The van der Waals surface area contributed by atoms with Crippen LogP contribution in [-0.2, 0) is 16.0 Å². The number of benzene rings is 1. The van der Waals surface area contributed by atoms with Crippen LogP contribution < -0.4 is 10.1 Å². The molecular formula is C16H21NO4. The standard InChI is InChI=1S/C16H21NO4/c1-2-21-13-7-4-12(5-8-13)6-9-14(18)17-16(15(19)20)10-3-11-16/h4-5,7-8H,2-3,6,9-11H2,1H3,(H,17,18)(H,19,20). The summed E-state index contributed by atoms with van der Waals surface area (Å²) in [4.78, 5) is 23.1. The van der Waals surface area contributed by atoms with Crippen molar-refractivity contribution in [2.75, 3.05) is 6.61 Å². The second kappa shape index (κ2) is 6.61. The second-order valence-corrected chi connectivity index (χ2v) is 5.37. The molecule has 2 N–H and O–H groups in total. The molecule has 5 heteroatoms. The Balaban J connectivity index is 1.82. The van der Waals surface area contributed by atoms with E-state index in [2.05, 4.69) is 5.32 Å². The Morgan fingerprint density at radius 2 is 1.95 bits per heavy atom. The van der Waals surface area contributed by atoms with E-state index in [9.17, 15) is 14.7 Å². The highest BCUT2D eigenvalue weighted by Gasteiger charge is 2.45. The predicted molar refractivity (Wildman–Crippen MR) is 78.3 cm³/mol. The molecule has 0 bridgehead atoms. The molecule has 0 unspecified atom stereocenters. The van der Waals surface area contributed by atoms with Crippen LogP contribution in [0.1, 0.15) is 38.2 Å². The molecule has 1 saturated carbocycles. The summed E-state index contributed by atoms with van der Waals surface area (Å²) >= 11 is 0. The van der Waals surface area contributed by atoms with E-state index in [0.717, 1.165) is 17.7 Å². The number of aliphatic carboxylic acids is 1. The van der Waals surface area contributed by atoms with Gasteiger partial charge in [-0.05, 0) is 50.3 Å². The largest absolute Gasteiger partial charge is 0.494 e. The SMILES string of the molecule is CCOc1ccc(CCC(=O)NC2(C(=O)O)CCC2)cc1. The number of ether oxygens (including phenoxy) is 1. The summed E-state index contributed by atoms with van der Waals surface area (Å²) in [5, 5.41) is 11.8. The van der Waals surface area contributed by atoms with E-state index in [0.29, 0.717) is 32.3 Å². The molecule has 0 spiro atoms. The molecule has 1 amide bonds. The van der Waals surface area contributed by atoms with Crippen molar-refractivity contribution in [1.82, 2.24) is 5.32 Å². The molecule has 21 heavy (non-hydrogen) atoms. The Hall–Kier alpha value is -2.04. The summed E-state index contributed by atoms with van der Waals surface area (Å²) in [6.07, 6.45) is 2.79.